The van der Waals surface area contributed by atoms with E-state index in [2.05, 4.69) is 24.2 Å². The van der Waals surface area contributed by atoms with E-state index in [-0.39, 0.29) is 5.91 Å². The summed E-state index contributed by atoms with van der Waals surface area (Å²) in [7, 11) is 2.09. The lowest BCUT2D eigenvalue weighted by molar-refractivity contribution is -0.116. The quantitative estimate of drug-likeness (QED) is 0.819. The molecule has 1 aliphatic heterocycles. The first-order chi connectivity index (χ1) is 9.06. The summed E-state index contributed by atoms with van der Waals surface area (Å²) in [6.07, 6.45) is 3.97. The molecule has 1 fully saturated rings. The molecule has 0 saturated heterocycles. The Kier molecular flexibility index (Phi) is 2.88. The summed E-state index contributed by atoms with van der Waals surface area (Å²) in [6, 6.07) is 4.54. The molecule has 3 N–H and O–H groups in total. The molecule has 1 aliphatic carbocycles. The van der Waals surface area contributed by atoms with E-state index in [9.17, 15) is 4.79 Å². The maximum atomic E-state index is 11.5. The molecule has 19 heavy (non-hydrogen) atoms. The first kappa shape index (κ1) is 12.3. The van der Waals surface area contributed by atoms with E-state index in [1.165, 1.54) is 12.8 Å². The van der Waals surface area contributed by atoms with Gasteiger partial charge in [-0.05, 0) is 49.8 Å². The lowest BCUT2D eigenvalue weighted by Crippen LogP contribution is -2.31. The van der Waals surface area contributed by atoms with Crippen LogP contribution in [0.2, 0.25) is 0 Å². The van der Waals surface area contributed by atoms with Crippen LogP contribution in [0.15, 0.2) is 12.1 Å². The summed E-state index contributed by atoms with van der Waals surface area (Å²) in [6.45, 7) is 2.25. The first-order valence-electron chi connectivity index (χ1n) is 7.01. The maximum absolute atomic E-state index is 11.5. The van der Waals surface area contributed by atoms with Crippen LogP contribution in [0.3, 0.4) is 0 Å². The highest BCUT2D eigenvalue weighted by Crippen LogP contribution is 2.39. The normalized spacial score (nSPS) is 19.6. The second-order valence-electron chi connectivity index (χ2n) is 5.81. The van der Waals surface area contributed by atoms with E-state index in [1.54, 1.807) is 0 Å². The van der Waals surface area contributed by atoms with Crippen molar-refractivity contribution in [2.45, 2.75) is 38.6 Å². The lowest BCUT2D eigenvalue weighted by Gasteiger charge is -2.30. The van der Waals surface area contributed by atoms with Crippen molar-refractivity contribution >= 4 is 23.0 Å². The molecule has 0 radical (unpaired) electrons. The van der Waals surface area contributed by atoms with E-state index in [1.807, 2.05) is 12.1 Å². The van der Waals surface area contributed by atoms with Gasteiger partial charge in [0.2, 0.25) is 5.91 Å². The second-order valence-corrected chi connectivity index (χ2v) is 5.81. The number of carbonyl (C=O) groups excluding carboxylic acids is 1. The number of carbonyl (C=O) groups is 1. The number of hydrogen-bond donors (Lipinski definition) is 2. The standard InChI is InChI=1S/C15H21N3O/c1-9(10-3-4-10)18(2)14-8-13-11(7-12(14)16)5-6-15(19)17-13/h7-10H,3-6,16H2,1-2H3,(H,17,19). The molecular formula is C15H21N3O. The Morgan fingerprint density at radius 1 is 1.37 bits per heavy atom. The molecule has 0 bridgehead atoms. The Hall–Kier alpha value is -1.71. The molecule has 1 aromatic carbocycles. The van der Waals surface area contributed by atoms with Gasteiger partial charge in [0.05, 0.1) is 11.4 Å². The zero-order valence-corrected chi connectivity index (χ0v) is 11.6. The van der Waals surface area contributed by atoms with Gasteiger partial charge in [-0.15, -0.1) is 0 Å². The Morgan fingerprint density at radius 2 is 2.11 bits per heavy atom. The third-order valence-electron chi connectivity index (χ3n) is 4.44. The van der Waals surface area contributed by atoms with Gasteiger partial charge in [-0.2, -0.15) is 0 Å². The van der Waals surface area contributed by atoms with Gasteiger partial charge in [0.25, 0.3) is 0 Å². The Morgan fingerprint density at radius 3 is 2.79 bits per heavy atom. The average Bonchev–Trinajstić information content (AvgIpc) is 3.21. The predicted octanol–water partition coefficient (Wildman–Crippen LogP) is 2.39. The summed E-state index contributed by atoms with van der Waals surface area (Å²) in [5, 5.41) is 2.94. The van der Waals surface area contributed by atoms with Crippen molar-refractivity contribution in [1.82, 2.24) is 0 Å². The van der Waals surface area contributed by atoms with Gasteiger partial charge in [-0.1, -0.05) is 0 Å². The Labute approximate surface area is 114 Å². The smallest absolute Gasteiger partial charge is 0.224 e. The Balaban J connectivity index is 1.92. The number of hydrogen-bond acceptors (Lipinski definition) is 3. The van der Waals surface area contributed by atoms with Gasteiger partial charge in [0.15, 0.2) is 0 Å². The molecular weight excluding hydrogens is 238 g/mol. The molecule has 0 spiro atoms. The number of rotatable bonds is 3. The molecule has 1 heterocycles. The highest BCUT2D eigenvalue weighted by Gasteiger charge is 2.31. The summed E-state index contributed by atoms with van der Waals surface area (Å²) < 4.78 is 0. The molecule has 4 nitrogen and oxygen atoms in total. The van der Waals surface area contributed by atoms with Crippen LogP contribution in [-0.4, -0.2) is 19.0 Å². The number of anilines is 3. The minimum absolute atomic E-state index is 0.0983. The van der Waals surface area contributed by atoms with Crippen molar-refractivity contribution in [3.05, 3.63) is 17.7 Å². The average molecular weight is 259 g/mol. The van der Waals surface area contributed by atoms with Crippen molar-refractivity contribution in [2.75, 3.05) is 23.0 Å². The molecule has 1 unspecified atom stereocenters. The van der Waals surface area contributed by atoms with E-state index in [4.69, 9.17) is 5.73 Å². The van der Waals surface area contributed by atoms with Gasteiger partial charge in [0.1, 0.15) is 0 Å². The first-order valence-corrected chi connectivity index (χ1v) is 7.01. The molecule has 0 aromatic heterocycles. The molecule has 1 atom stereocenters. The fourth-order valence-corrected chi connectivity index (χ4v) is 2.86. The largest absolute Gasteiger partial charge is 0.397 e. The van der Waals surface area contributed by atoms with Crippen molar-refractivity contribution in [3.63, 3.8) is 0 Å². The van der Waals surface area contributed by atoms with Crippen LogP contribution in [0.1, 0.15) is 31.7 Å². The second kappa shape index (κ2) is 4.44. The van der Waals surface area contributed by atoms with Crippen molar-refractivity contribution in [3.8, 4) is 0 Å². The summed E-state index contributed by atoms with van der Waals surface area (Å²) in [5.74, 6) is 0.885. The van der Waals surface area contributed by atoms with Crippen LogP contribution in [-0.2, 0) is 11.2 Å². The molecule has 1 amide bonds. The highest BCUT2D eigenvalue weighted by atomic mass is 16.1. The number of benzene rings is 1. The van der Waals surface area contributed by atoms with E-state index >= 15 is 0 Å². The molecule has 102 valence electrons. The number of nitrogens with one attached hydrogen (secondary N) is 1. The maximum Gasteiger partial charge on any atom is 0.224 e. The zero-order chi connectivity index (χ0) is 13.6. The van der Waals surface area contributed by atoms with E-state index in [0.717, 1.165) is 35.0 Å². The third-order valence-corrected chi connectivity index (χ3v) is 4.44. The van der Waals surface area contributed by atoms with Crippen molar-refractivity contribution < 1.29 is 4.79 Å². The number of amides is 1. The van der Waals surface area contributed by atoms with Crippen LogP contribution < -0.4 is 16.0 Å². The Bertz CT molecular complexity index is 522. The van der Waals surface area contributed by atoms with Gasteiger partial charge in [-0.25, -0.2) is 0 Å². The summed E-state index contributed by atoms with van der Waals surface area (Å²) in [5.41, 5.74) is 10.1. The summed E-state index contributed by atoms with van der Waals surface area (Å²) >= 11 is 0. The zero-order valence-electron chi connectivity index (χ0n) is 11.6. The van der Waals surface area contributed by atoms with Crippen LogP contribution in [0.5, 0.6) is 0 Å². The fourth-order valence-electron chi connectivity index (χ4n) is 2.86. The molecule has 1 saturated carbocycles. The minimum Gasteiger partial charge on any atom is -0.397 e. The summed E-state index contributed by atoms with van der Waals surface area (Å²) in [4.78, 5) is 13.7. The lowest BCUT2D eigenvalue weighted by atomic mass is 10.0. The van der Waals surface area contributed by atoms with Crippen LogP contribution in [0.4, 0.5) is 17.1 Å². The van der Waals surface area contributed by atoms with Gasteiger partial charge >= 0.3 is 0 Å². The van der Waals surface area contributed by atoms with Crippen LogP contribution in [0, 0.1) is 5.92 Å². The molecule has 1 aromatic rings. The highest BCUT2D eigenvalue weighted by molar-refractivity contribution is 5.95. The number of nitrogen functional groups attached to an aromatic ring is 1. The van der Waals surface area contributed by atoms with Gasteiger partial charge in [0, 0.05) is 25.2 Å². The fraction of sp³-hybridized carbons (Fsp3) is 0.533. The molecule has 3 rings (SSSR count). The van der Waals surface area contributed by atoms with Crippen LogP contribution in [0.25, 0.3) is 0 Å². The van der Waals surface area contributed by atoms with Gasteiger partial charge in [-0.3, -0.25) is 4.79 Å². The third kappa shape index (κ3) is 2.27. The number of nitrogens with zero attached hydrogens (tertiary/aromatic N) is 1. The number of fused-ring (bicyclic) bond motifs is 1. The molecule has 2 aliphatic rings. The van der Waals surface area contributed by atoms with Gasteiger partial charge < -0.3 is 16.0 Å². The van der Waals surface area contributed by atoms with Crippen LogP contribution >= 0.6 is 0 Å². The minimum atomic E-state index is 0.0983. The number of aryl methyl sites for hydroxylation is 1. The van der Waals surface area contributed by atoms with Crippen molar-refractivity contribution in [2.24, 2.45) is 5.92 Å². The SMILES string of the molecule is CC(C1CC1)N(C)c1cc2c(cc1N)CCC(=O)N2. The van der Waals surface area contributed by atoms with E-state index in [0.29, 0.717) is 12.5 Å². The predicted molar refractivity (Wildman–Crippen MR) is 78.4 cm³/mol. The molecule has 4 heteroatoms. The number of nitrogens with two attached hydrogens (primary N) is 1. The van der Waals surface area contributed by atoms with Crippen molar-refractivity contribution in [1.29, 1.82) is 0 Å². The monoisotopic (exact) mass is 259 g/mol. The van der Waals surface area contributed by atoms with E-state index < -0.39 is 0 Å². The topological polar surface area (TPSA) is 58.4 Å².